The first-order valence-electron chi connectivity index (χ1n) is 7.55. The van der Waals surface area contributed by atoms with Gasteiger partial charge in [-0.15, -0.1) is 0 Å². The summed E-state index contributed by atoms with van der Waals surface area (Å²) in [7, 11) is -2.44. The average Bonchev–Trinajstić information content (AvgIpc) is 2.59. The zero-order chi connectivity index (χ0) is 20.4. The molecule has 27 heavy (non-hydrogen) atoms. The van der Waals surface area contributed by atoms with Crippen LogP contribution >= 0.6 is 0 Å². The van der Waals surface area contributed by atoms with E-state index in [0.717, 1.165) is 19.4 Å². The van der Waals surface area contributed by atoms with Gasteiger partial charge in [-0.1, -0.05) is 12.1 Å². The molecule has 0 unspecified atom stereocenters. The molecule has 0 saturated heterocycles. The summed E-state index contributed by atoms with van der Waals surface area (Å²) in [6.07, 6.45) is -4.24. The minimum atomic E-state index is -4.66. The fraction of sp³-hybridized carbons (Fsp3) is 0.294. The fourth-order valence-corrected chi connectivity index (χ4v) is 2.85. The van der Waals surface area contributed by atoms with Crippen LogP contribution in [0.2, 0.25) is 0 Å². The average molecular weight is 403 g/mol. The molecule has 0 aliphatic carbocycles. The number of carbonyl (C=O) groups excluding carboxylic acids is 1. The highest BCUT2D eigenvalue weighted by Gasteiger charge is 2.32. The number of benzene rings is 1. The largest absolute Gasteiger partial charge is 0.466 e. The van der Waals surface area contributed by atoms with E-state index in [-0.39, 0.29) is 21.9 Å². The van der Waals surface area contributed by atoms with Gasteiger partial charge in [0, 0.05) is 18.0 Å². The molecule has 2 aromatic rings. The van der Waals surface area contributed by atoms with E-state index in [0.29, 0.717) is 6.20 Å². The quantitative estimate of drug-likeness (QED) is 0.714. The fourth-order valence-electron chi connectivity index (χ4n) is 2.18. The maximum absolute atomic E-state index is 13.1. The van der Waals surface area contributed by atoms with Crippen LogP contribution < -0.4 is 4.74 Å². The predicted octanol–water partition coefficient (Wildman–Crippen LogP) is 3.11. The Hall–Kier alpha value is -2.62. The number of sulfone groups is 1. The van der Waals surface area contributed by atoms with Gasteiger partial charge in [0.2, 0.25) is 5.88 Å². The summed E-state index contributed by atoms with van der Waals surface area (Å²) in [5.74, 6) is -1.00. The van der Waals surface area contributed by atoms with Crippen LogP contribution in [-0.2, 0) is 25.5 Å². The SMILES string of the molecule is COC(=O)[C@H](C)Oc1ncc(C(F)(F)F)cc1-c1cccc(S(C)(=O)=O)c1. The monoisotopic (exact) mass is 403 g/mol. The van der Waals surface area contributed by atoms with Gasteiger partial charge in [0.25, 0.3) is 0 Å². The minimum Gasteiger partial charge on any atom is -0.466 e. The van der Waals surface area contributed by atoms with Crippen molar-refractivity contribution in [2.45, 2.75) is 24.1 Å². The van der Waals surface area contributed by atoms with Gasteiger partial charge < -0.3 is 9.47 Å². The van der Waals surface area contributed by atoms with Crippen LogP contribution in [0, 0.1) is 0 Å². The molecular formula is C17H16F3NO5S. The van der Waals surface area contributed by atoms with Gasteiger partial charge in [0.1, 0.15) is 0 Å². The molecule has 2 rings (SSSR count). The molecule has 1 atom stereocenters. The van der Waals surface area contributed by atoms with Crippen molar-refractivity contribution < 1.29 is 35.9 Å². The van der Waals surface area contributed by atoms with E-state index in [2.05, 4.69) is 9.72 Å². The maximum atomic E-state index is 13.1. The van der Waals surface area contributed by atoms with Gasteiger partial charge in [0.15, 0.2) is 15.9 Å². The summed E-state index contributed by atoms with van der Waals surface area (Å²) in [4.78, 5) is 15.1. The van der Waals surface area contributed by atoms with E-state index in [1.165, 1.54) is 31.2 Å². The molecule has 0 N–H and O–H groups in total. The van der Waals surface area contributed by atoms with Crippen LogP contribution in [0.5, 0.6) is 5.88 Å². The van der Waals surface area contributed by atoms with Gasteiger partial charge in [-0.25, -0.2) is 18.2 Å². The van der Waals surface area contributed by atoms with Crippen LogP contribution in [0.15, 0.2) is 41.4 Å². The lowest BCUT2D eigenvalue weighted by Gasteiger charge is -2.17. The van der Waals surface area contributed by atoms with Gasteiger partial charge in [-0.3, -0.25) is 0 Å². The van der Waals surface area contributed by atoms with Crippen LogP contribution in [0.4, 0.5) is 13.2 Å². The number of ether oxygens (including phenoxy) is 2. The van der Waals surface area contributed by atoms with Crippen molar-refractivity contribution in [3.05, 3.63) is 42.1 Å². The highest BCUT2D eigenvalue weighted by atomic mass is 32.2. The molecule has 1 aromatic heterocycles. The molecular weight excluding hydrogens is 387 g/mol. The summed E-state index contributed by atoms with van der Waals surface area (Å²) in [6, 6.07) is 6.12. The van der Waals surface area contributed by atoms with Crippen molar-refractivity contribution in [2.24, 2.45) is 0 Å². The number of methoxy groups -OCH3 is 1. The molecule has 0 radical (unpaired) electrons. The van der Waals surface area contributed by atoms with Crippen LogP contribution in [-0.4, -0.2) is 38.8 Å². The normalized spacial score (nSPS) is 13.1. The molecule has 0 amide bonds. The Balaban J connectivity index is 2.62. The predicted molar refractivity (Wildman–Crippen MR) is 89.9 cm³/mol. The van der Waals surface area contributed by atoms with E-state index in [4.69, 9.17) is 4.74 Å². The van der Waals surface area contributed by atoms with Crippen molar-refractivity contribution >= 4 is 15.8 Å². The van der Waals surface area contributed by atoms with E-state index < -0.39 is 33.7 Å². The molecule has 0 bridgehead atoms. The van der Waals surface area contributed by atoms with Crippen LogP contribution in [0.1, 0.15) is 12.5 Å². The third-order valence-electron chi connectivity index (χ3n) is 3.57. The Labute approximate surface area is 153 Å². The first-order chi connectivity index (χ1) is 12.4. The number of nitrogens with zero attached hydrogens (tertiary/aromatic N) is 1. The molecule has 10 heteroatoms. The third-order valence-corrected chi connectivity index (χ3v) is 4.68. The number of esters is 1. The van der Waals surface area contributed by atoms with E-state index in [9.17, 15) is 26.4 Å². The summed E-state index contributed by atoms with van der Waals surface area (Å²) >= 11 is 0. The Kier molecular flexibility index (Phi) is 5.79. The van der Waals surface area contributed by atoms with Gasteiger partial charge in [-0.2, -0.15) is 13.2 Å². The van der Waals surface area contributed by atoms with Gasteiger partial charge >= 0.3 is 12.1 Å². The molecule has 0 aliphatic rings. The first kappa shape index (κ1) is 20.7. The number of alkyl halides is 3. The Morgan fingerprint density at radius 2 is 1.89 bits per heavy atom. The van der Waals surface area contributed by atoms with Crippen molar-refractivity contribution in [2.75, 3.05) is 13.4 Å². The van der Waals surface area contributed by atoms with Crippen molar-refractivity contribution in [1.82, 2.24) is 4.98 Å². The molecule has 0 fully saturated rings. The molecule has 146 valence electrons. The Bertz CT molecular complexity index is 957. The molecule has 0 spiro atoms. The van der Waals surface area contributed by atoms with Crippen LogP contribution in [0.3, 0.4) is 0 Å². The van der Waals surface area contributed by atoms with Crippen LogP contribution in [0.25, 0.3) is 11.1 Å². The number of aromatic nitrogens is 1. The topological polar surface area (TPSA) is 82.6 Å². The summed E-state index contributed by atoms with van der Waals surface area (Å²) in [6.45, 7) is 1.35. The molecule has 1 aromatic carbocycles. The number of rotatable bonds is 5. The van der Waals surface area contributed by atoms with Gasteiger partial charge in [0.05, 0.1) is 17.6 Å². The third kappa shape index (κ3) is 4.97. The molecule has 0 saturated carbocycles. The molecule has 6 nitrogen and oxygen atoms in total. The first-order valence-corrected chi connectivity index (χ1v) is 9.45. The Morgan fingerprint density at radius 1 is 1.22 bits per heavy atom. The van der Waals surface area contributed by atoms with Gasteiger partial charge in [-0.05, 0) is 30.7 Å². The zero-order valence-corrected chi connectivity index (χ0v) is 15.4. The second-order valence-electron chi connectivity index (χ2n) is 5.66. The second kappa shape index (κ2) is 7.55. The maximum Gasteiger partial charge on any atom is 0.417 e. The highest BCUT2D eigenvalue weighted by molar-refractivity contribution is 7.90. The summed E-state index contributed by atoms with van der Waals surface area (Å²) in [5.41, 5.74) is -1.00. The number of halogens is 3. The van der Waals surface area contributed by atoms with E-state index >= 15 is 0 Å². The minimum absolute atomic E-state index is 0.0793. The second-order valence-corrected chi connectivity index (χ2v) is 7.67. The lowest BCUT2D eigenvalue weighted by molar-refractivity contribution is -0.148. The van der Waals surface area contributed by atoms with E-state index in [1.807, 2.05) is 0 Å². The van der Waals surface area contributed by atoms with Crippen molar-refractivity contribution in [1.29, 1.82) is 0 Å². The van der Waals surface area contributed by atoms with Crippen molar-refractivity contribution in [3.8, 4) is 17.0 Å². The molecule has 1 heterocycles. The number of carbonyl (C=O) groups is 1. The van der Waals surface area contributed by atoms with E-state index in [1.54, 1.807) is 0 Å². The number of pyridine rings is 1. The zero-order valence-electron chi connectivity index (χ0n) is 14.6. The smallest absolute Gasteiger partial charge is 0.417 e. The lowest BCUT2D eigenvalue weighted by Crippen LogP contribution is -2.25. The summed E-state index contributed by atoms with van der Waals surface area (Å²) in [5, 5.41) is 0. The lowest BCUT2D eigenvalue weighted by atomic mass is 10.1. The van der Waals surface area contributed by atoms with Crippen molar-refractivity contribution in [3.63, 3.8) is 0 Å². The summed E-state index contributed by atoms with van der Waals surface area (Å²) < 4.78 is 72.6. The standard InChI is InChI=1S/C17H16F3NO5S/c1-10(16(22)25-2)26-15-14(8-12(9-21-15)17(18,19)20)11-5-4-6-13(7-11)27(3,23)24/h4-10H,1-3H3/t10-/m0/s1. The Morgan fingerprint density at radius 3 is 2.44 bits per heavy atom. The number of hydrogen-bond donors (Lipinski definition) is 0. The number of hydrogen-bond acceptors (Lipinski definition) is 6. The molecule has 0 aliphatic heterocycles. The highest BCUT2D eigenvalue weighted by Crippen LogP contribution is 2.36.